The molecule has 0 unspecified atom stereocenters. The van der Waals surface area contributed by atoms with E-state index in [9.17, 15) is 4.79 Å². The molecule has 8 heteroatoms. The van der Waals surface area contributed by atoms with Crippen LogP contribution in [0.3, 0.4) is 0 Å². The van der Waals surface area contributed by atoms with Gasteiger partial charge in [-0.25, -0.2) is 0 Å². The predicted molar refractivity (Wildman–Crippen MR) is 92.3 cm³/mol. The smallest absolute Gasteiger partial charge is 0.223 e. The number of nitrogens with one attached hydrogen (secondary N) is 1. The van der Waals surface area contributed by atoms with Crippen LogP contribution in [0.25, 0.3) is 5.65 Å². The predicted octanol–water partition coefficient (Wildman–Crippen LogP) is 1.02. The fourth-order valence-corrected chi connectivity index (χ4v) is 3.69. The molecule has 0 aliphatic carbocycles. The van der Waals surface area contributed by atoms with Crippen LogP contribution in [0.2, 0.25) is 0 Å². The maximum Gasteiger partial charge on any atom is 0.223 e. The molecule has 134 valence electrons. The van der Waals surface area contributed by atoms with Crippen LogP contribution in [0, 0.1) is 5.92 Å². The molecule has 0 aromatic carbocycles. The third kappa shape index (κ3) is 3.44. The molecule has 2 saturated heterocycles. The Morgan fingerprint density at radius 2 is 2.16 bits per heavy atom. The van der Waals surface area contributed by atoms with Gasteiger partial charge in [0.1, 0.15) is 12.1 Å². The zero-order chi connectivity index (χ0) is 17.2. The van der Waals surface area contributed by atoms with Crippen LogP contribution < -0.4 is 10.2 Å². The standard InChI is InChI=1S/C17H24N6O2/c1-12(14-3-2-10-25-14)19-17(24)13-6-8-22(9-7-13)16-5-4-15-20-18-11-23(15)21-16/h4-5,11-14H,2-3,6-10H2,1H3,(H,19,24)/t12-,14+/m0/s1. The topological polar surface area (TPSA) is 84.7 Å². The summed E-state index contributed by atoms with van der Waals surface area (Å²) < 4.78 is 7.34. The molecule has 2 aliphatic rings. The number of carbonyl (C=O) groups is 1. The fraction of sp³-hybridized carbons (Fsp3) is 0.647. The van der Waals surface area contributed by atoms with Crippen LogP contribution >= 0.6 is 0 Å². The molecule has 0 saturated carbocycles. The van der Waals surface area contributed by atoms with Crippen LogP contribution in [-0.4, -0.2) is 57.6 Å². The Balaban J connectivity index is 1.32. The zero-order valence-electron chi connectivity index (χ0n) is 14.5. The van der Waals surface area contributed by atoms with Gasteiger partial charge in [-0.05, 0) is 44.7 Å². The van der Waals surface area contributed by atoms with E-state index in [0.29, 0.717) is 0 Å². The van der Waals surface area contributed by atoms with Crippen molar-refractivity contribution in [1.29, 1.82) is 0 Å². The summed E-state index contributed by atoms with van der Waals surface area (Å²) in [4.78, 5) is 14.7. The molecule has 1 N–H and O–H groups in total. The normalized spacial score (nSPS) is 23.1. The third-order valence-corrected chi connectivity index (χ3v) is 5.23. The quantitative estimate of drug-likeness (QED) is 0.892. The van der Waals surface area contributed by atoms with Crippen molar-refractivity contribution < 1.29 is 9.53 Å². The van der Waals surface area contributed by atoms with E-state index < -0.39 is 0 Å². The van der Waals surface area contributed by atoms with E-state index >= 15 is 0 Å². The van der Waals surface area contributed by atoms with E-state index in [-0.39, 0.29) is 24.0 Å². The lowest BCUT2D eigenvalue weighted by atomic mass is 9.95. The number of ether oxygens (including phenoxy) is 1. The molecule has 0 bridgehead atoms. The first-order valence-electron chi connectivity index (χ1n) is 9.05. The maximum atomic E-state index is 12.5. The highest BCUT2D eigenvalue weighted by Gasteiger charge is 2.29. The number of hydrogen-bond donors (Lipinski definition) is 1. The first-order valence-corrected chi connectivity index (χ1v) is 9.05. The van der Waals surface area contributed by atoms with Crippen molar-refractivity contribution in [3.05, 3.63) is 18.5 Å². The summed E-state index contributed by atoms with van der Waals surface area (Å²) in [5, 5.41) is 15.5. The highest BCUT2D eigenvalue weighted by molar-refractivity contribution is 5.79. The Bertz CT molecular complexity index is 734. The highest BCUT2D eigenvalue weighted by atomic mass is 16.5. The second-order valence-electron chi connectivity index (χ2n) is 6.94. The van der Waals surface area contributed by atoms with E-state index in [1.165, 1.54) is 0 Å². The van der Waals surface area contributed by atoms with Gasteiger partial charge in [0, 0.05) is 25.6 Å². The molecule has 2 aliphatic heterocycles. The number of fused-ring (bicyclic) bond motifs is 1. The highest BCUT2D eigenvalue weighted by Crippen LogP contribution is 2.23. The van der Waals surface area contributed by atoms with Crippen molar-refractivity contribution >= 4 is 17.4 Å². The van der Waals surface area contributed by atoms with Crippen LogP contribution in [0.4, 0.5) is 5.82 Å². The molecular weight excluding hydrogens is 320 g/mol. The summed E-state index contributed by atoms with van der Waals surface area (Å²) >= 11 is 0. The van der Waals surface area contributed by atoms with Gasteiger partial charge in [0.05, 0.1) is 12.1 Å². The van der Waals surface area contributed by atoms with Gasteiger partial charge in [0.25, 0.3) is 0 Å². The number of nitrogens with zero attached hydrogens (tertiary/aromatic N) is 5. The molecule has 0 spiro atoms. The Morgan fingerprint density at radius 1 is 1.32 bits per heavy atom. The lowest BCUT2D eigenvalue weighted by molar-refractivity contribution is -0.127. The lowest BCUT2D eigenvalue weighted by Crippen LogP contribution is -2.46. The molecule has 1 amide bonds. The van der Waals surface area contributed by atoms with Crippen molar-refractivity contribution in [2.75, 3.05) is 24.6 Å². The lowest BCUT2D eigenvalue weighted by Gasteiger charge is -2.33. The summed E-state index contributed by atoms with van der Waals surface area (Å²) in [6, 6.07) is 3.97. The first kappa shape index (κ1) is 16.3. The van der Waals surface area contributed by atoms with Crippen LogP contribution in [0.15, 0.2) is 18.5 Å². The number of aromatic nitrogens is 4. The van der Waals surface area contributed by atoms with E-state index in [1.54, 1.807) is 10.8 Å². The van der Waals surface area contributed by atoms with Gasteiger partial charge in [0.15, 0.2) is 5.65 Å². The number of amides is 1. The molecule has 2 fully saturated rings. The molecule has 0 radical (unpaired) electrons. The molecule has 4 rings (SSSR count). The molecule has 8 nitrogen and oxygen atoms in total. The zero-order valence-corrected chi connectivity index (χ0v) is 14.5. The summed E-state index contributed by atoms with van der Waals surface area (Å²) in [6.07, 6.45) is 5.58. The van der Waals surface area contributed by atoms with Gasteiger partial charge >= 0.3 is 0 Å². The summed E-state index contributed by atoms with van der Waals surface area (Å²) in [5.74, 6) is 1.13. The fourth-order valence-electron chi connectivity index (χ4n) is 3.69. The van der Waals surface area contributed by atoms with Gasteiger partial charge in [0.2, 0.25) is 5.91 Å². The van der Waals surface area contributed by atoms with E-state index in [0.717, 1.165) is 56.8 Å². The second kappa shape index (κ2) is 6.95. The van der Waals surface area contributed by atoms with Crippen molar-refractivity contribution in [3.8, 4) is 0 Å². The average Bonchev–Trinajstić information content (AvgIpc) is 3.32. The SMILES string of the molecule is C[C@H](NC(=O)C1CCN(c2ccc3nncn3n2)CC1)[C@H]1CCCO1. The van der Waals surface area contributed by atoms with Crippen LogP contribution in [0.1, 0.15) is 32.6 Å². The van der Waals surface area contributed by atoms with Crippen molar-refractivity contribution in [1.82, 2.24) is 25.1 Å². The molecule has 2 aromatic heterocycles. The van der Waals surface area contributed by atoms with Gasteiger partial charge < -0.3 is 15.0 Å². The Hall–Kier alpha value is -2.22. The van der Waals surface area contributed by atoms with Crippen molar-refractivity contribution in [2.24, 2.45) is 5.92 Å². The summed E-state index contributed by atoms with van der Waals surface area (Å²) in [5.41, 5.74) is 0.737. The van der Waals surface area contributed by atoms with Crippen molar-refractivity contribution in [2.45, 2.75) is 44.8 Å². The first-order chi connectivity index (χ1) is 12.2. The van der Waals surface area contributed by atoms with E-state index in [4.69, 9.17) is 4.74 Å². The number of anilines is 1. The second-order valence-corrected chi connectivity index (χ2v) is 6.94. The monoisotopic (exact) mass is 344 g/mol. The van der Waals surface area contributed by atoms with E-state index in [1.807, 2.05) is 19.1 Å². The Morgan fingerprint density at radius 3 is 2.92 bits per heavy atom. The molecular formula is C17H24N6O2. The van der Waals surface area contributed by atoms with Crippen LogP contribution in [-0.2, 0) is 9.53 Å². The number of hydrogen-bond acceptors (Lipinski definition) is 6. The minimum absolute atomic E-state index is 0.0683. The van der Waals surface area contributed by atoms with Gasteiger partial charge in [-0.1, -0.05) is 0 Å². The molecule has 25 heavy (non-hydrogen) atoms. The number of carbonyl (C=O) groups excluding carboxylic acids is 1. The minimum atomic E-state index is 0.0683. The number of piperidine rings is 1. The molecule has 2 atom stereocenters. The molecule has 4 heterocycles. The summed E-state index contributed by atoms with van der Waals surface area (Å²) in [6.45, 7) is 4.51. The summed E-state index contributed by atoms with van der Waals surface area (Å²) in [7, 11) is 0. The largest absolute Gasteiger partial charge is 0.376 e. The average molecular weight is 344 g/mol. The van der Waals surface area contributed by atoms with Crippen molar-refractivity contribution in [3.63, 3.8) is 0 Å². The minimum Gasteiger partial charge on any atom is -0.376 e. The Labute approximate surface area is 146 Å². The number of rotatable bonds is 4. The van der Waals surface area contributed by atoms with Gasteiger partial charge in [-0.2, -0.15) is 4.52 Å². The van der Waals surface area contributed by atoms with E-state index in [2.05, 4.69) is 25.5 Å². The third-order valence-electron chi connectivity index (χ3n) is 5.23. The van der Waals surface area contributed by atoms with Crippen LogP contribution in [0.5, 0.6) is 0 Å². The van der Waals surface area contributed by atoms with Gasteiger partial charge in [-0.15, -0.1) is 15.3 Å². The maximum absolute atomic E-state index is 12.5. The molecule has 2 aromatic rings. The van der Waals surface area contributed by atoms with Gasteiger partial charge in [-0.3, -0.25) is 4.79 Å². The Kier molecular flexibility index (Phi) is 4.52.